The number of halogens is 6. The lowest BCUT2D eigenvalue weighted by molar-refractivity contribution is -0.138. The van der Waals surface area contributed by atoms with Gasteiger partial charge in [0, 0.05) is 17.3 Å². The van der Waals surface area contributed by atoms with Crippen molar-refractivity contribution in [3.63, 3.8) is 0 Å². The quantitative estimate of drug-likeness (QED) is 0.457. The predicted octanol–water partition coefficient (Wildman–Crippen LogP) is 6.54. The van der Waals surface area contributed by atoms with Crippen LogP contribution in [-0.4, -0.2) is 9.97 Å². The number of nitrogens with zero attached hydrogens (tertiary/aromatic N) is 2. The third kappa shape index (κ3) is 5.04. The summed E-state index contributed by atoms with van der Waals surface area (Å²) in [5.74, 6) is 0.0325. The van der Waals surface area contributed by atoms with E-state index in [0.29, 0.717) is 17.7 Å². The van der Waals surface area contributed by atoms with Gasteiger partial charge in [-0.3, -0.25) is 0 Å². The molecular formula is C20H14F6N2O. The molecule has 0 amide bonds. The van der Waals surface area contributed by atoms with Crippen LogP contribution in [0.1, 0.15) is 23.7 Å². The van der Waals surface area contributed by atoms with Gasteiger partial charge in [-0.05, 0) is 36.8 Å². The van der Waals surface area contributed by atoms with Crippen LogP contribution in [0.25, 0.3) is 11.4 Å². The average Bonchev–Trinajstić information content (AvgIpc) is 2.66. The van der Waals surface area contributed by atoms with Gasteiger partial charge in [0.15, 0.2) is 5.82 Å². The molecule has 0 N–H and O–H groups in total. The molecule has 0 spiro atoms. The smallest absolute Gasteiger partial charge is 0.416 e. The van der Waals surface area contributed by atoms with Crippen molar-refractivity contribution in [2.45, 2.75) is 25.7 Å². The minimum Gasteiger partial charge on any atom is -0.439 e. The Labute approximate surface area is 162 Å². The summed E-state index contributed by atoms with van der Waals surface area (Å²) >= 11 is 0. The highest BCUT2D eigenvalue weighted by atomic mass is 19.4. The number of aryl methyl sites for hydroxylation is 1. The molecule has 0 saturated heterocycles. The molecule has 29 heavy (non-hydrogen) atoms. The van der Waals surface area contributed by atoms with Gasteiger partial charge < -0.3 is 4.74 Å². The molecule has 0 radical (unpaired) electrons. The van der Waals surface area contributed by atoms with E-state index < -0.39 is 23.5 Å². The van der Waals surface area contributed by atoms with Crippen LogP contribution in [-0.2, 0) is 18.8 Å². The zero-order valence-electron chi connectivity index (χ0n) is 15.0. The molecule has 0 fully saturated rings. The predicted molar refractivity (Wildman–Crippen MR) is 93.4 cm³/mol. The van der Waals surface area contributed by atoms with E-state index in [2.05, 4.69) is 9.97 Å². The molecule has 0 atom stereocenters. The van der Waals surface area contributed by atoms with Gasteiger partial charge in [0.25, 0.3) is 0 Å². The minimum atomic E-state index is -4.52. The fourth-order valence-electron chi connectivity index (χ4n) is 2.50. The van der Waals surface area contributed by atoms with Gasteiger partial charge in [-0.2, -0.15) is 31.3 Å². The first-order valence-electron chi connectivity index (χ1n) is 8.47. The molecule has 3 rings (SSSR count). The lowest BCUT2D eigenvalue weighted by Gasteiger charge is -2.12. The first-order chi connectivity index (χ1) is 13.6. The maximum Gasteiger partial charge on any atom is 0.416 e. The molecule has 152 valence electrons. The summed E-state index contributed by atoms with van der Waals surface area (Å²) in [6, 6.07) is 10.0. The number of rotatable bonds is 4. The second-order valence-electron chi connectivity index (χ2n) is 6.08. The Kier molecular flexibility index (Phi) is 5.50. The summed E-state index contributed by atoms with van der Waals surface area (Å²) in [6.07, 6.45) is -8.53. The van der Waals surface area contributed by atoms with Crippen LogP contribution < -0.4 is 4.74 Å². The van der Waals surface area contributed by atoms with Gasteiger partial charge in [-0.15, -0.1) is 0 Å². The van der Waals surface area contributed by atoms with Crippen molar-refractivity contribution in [3.05, 3.63) is 71.4 Å². The largest absolute Gasteiger partial charge is 0.439 e. The Morgan fingerprint density at radius 1 is 0.793 bits per heavy atom. The summed E-state index contributed by atoms with van der Waals surface area (Å²) < 4.78 is 82.3. The van der Waals surface area contributed by atoms with E-state index in [1.807, 2.05) is 0 Å². The second kappa shape index (κ2) is 7.73. The second-order valence-corrected chi connectivity index (χ2v) is 6.08. The normalized spacial score (nSPS) is 12.1. The topological polar surface area (TPSA) is 35.0 Å². The molecule has 0 aliphatic rings. The van der Waals surface area contributed by atoms with Crippen LogP contribution in [0.3, 0.4) is 0 Å². The number of ether oxygens (including phenoxy) is 1. The molecule has 0 unspecified atom stereocenters. The van der Waals surface area contributed by atoms with Crippen LogP contribution in [0.4, 0.5) is 26.3 Å². The Balaban J connectivity index is 1.94. The Hall–Kier alpha value is -3.10. The molecule has 3 aromatic rings. The monoisotopic (exact) mass is 412 g/mol. The van der Waals surface area contributed by atoms with Crippen molar-refractivity contribution in [2.75, 3.05) is 0 Å². The molecule has 0 saturated carbocycles. The summed E-state index contributed by atoms with van der Waals surface area (Å²) in [7, 11) is 0. The first kappa shape index (κ1) is 20.6. The molecule has 0 aliphatic carbocycles. The number of hydrogen-bond donors (Lipinski definition) is 0. The summed E-state index contributed by atoms with van der Waals surface area (Å²) in [5.41, 5.74) is -0.838. The van der Waals surface area contributed by atoms with Gasteiger partial charge in [0.1, 0.15) is 5.75 Å². The van der Waals surface area contributed by atoms with E-state index >= 15 is 0 Å². The lowest BCUT2D eigenvalue weighted by Crippen LogP contribution is -2.05. The highest BCUT2D eigenvalue weighted by Crippen LogP contribution is 2.33. The molecule has 1 aromatic heterocycles. The van der Waals surface area contributed by atoms with E-state index in [-0.39, 0.29) is 17.5 Å². The average molecular weight is 412 g/mol. The fourth-order valence-corrected chi connectivity index (χ4v) is 2.50. The lowest BCUT2D eigenvalue weighted by atomic mass is 10.1. The molecule has 1 heterocycles. The standard InChI is InChI=1S/C20H14F6N2O/c1-2-15-11-17(29-16-5-3-4-14(10-16)20(24,25)26)28-18(27-15)12-6-8-13(9-7-12)19(21,22)23/h3-11H,2H2,1H3. The van der Waals surface area contributed by atoms with Crippen LogP contribution in [0.5, 0.6) is 11.6 Å². The molecule has 3 nitrogen and oxygen atoms in total. The van der Waals surface area contributed by atoms with Crippen molar-refractivity contribution in [1.29, 1.82) is 0 Å². The zero-order chi connectivity index (χ0) is 21.2. The highest BCUT2D eigenvalue weighted by Gasteiger charge is 2.31. The van der Waals surface area contributed by atoms with Crippen molar-refractivity contribution in [1.82, 2.24) is 9.97 Å². The maximum atomic E-state index is 12.9. The fraction of sp³-hybridized carbons (Fsp3) is 0.200. The third-order valence-corrected chi connectivity index (χ3v) is 3.97. The summed E-state index contributed by atoms with van der Waals surface area (Å²) in [6.45, 7) is 1.80. The minimum absolute atomic E-state index is 0.00827. The van der Waals surface area contributed by atoms with Crippen molar-refractivity contribution < 1.29 is 31.1 Å². The molecule has 0 aliphatic heterocycles. The van der Waals surface area contributed by atoms with Crippen LogP contribution in [0, 0.1) is 0 Å². The number of aromatic nitrogens is 2. The third-order valence-electron chi connectivity index (χ3n) is 3.97. The van der Waals surface area contributed by atoms with Crippen molar-refractivity contribution >= 4 is 0 Å². The SMILES string of the molecule is CCc1cc(Oc2cccc(C(F)(F)F)c2)nc(-c2ccc(C(F)(F)F)cc2)n1. The Morgan fingerprint density at radius 3 is 2.03 bits per heavy atom. The Bertz CT molecular complexity index is 997. The number of hydrogen-bond acceptors (Lipinski definition) is 3. The van der Waals surface area contributed by atoms with E-state index in [9.17, 15) is 26.3 Å². The van der Waals surface area contributed by atoms with Crippen LogP contribution >= 0.6 is 0 Å². The van der Waals surface area contributed by atoms with Gasteiger partial charge in [-0.1, -0.05) is 25.1 Å². The first-order valence-corrected chi connectivity index (χ1v) is 8.47. The van der Waals surface area contributed by atoms with E-state index in [0.717, 1.165) is 24.3 Å². The maximum absolute atomic E-state index is 12.9. The van der Waals surface area contributed by atoms with Crippen LogP contribution in [0.15, 0.2) is 54.6 Å². The molecular weight excluding hydrogens is 398 g/mol. The van der Waals surface area contributed by atoms with E-state index in [1.165, 1.54) is 30.3 Å². The van der Waals surface area contributed by atoms with Crippen molar-refractivity contribution in [2.24, 2.45) is 0 Å². The zero-order valence-corrected chi connectivity index (χ0v) is 15.0. The number of benzene rings is 2. The van der Waals surface area contributed by atoms with Crippen LogP contribution in [0.2, 0.25) is 0 Å². The number of alkyl halides is 6. The highest BCUT2D eigenvalue weighted by molar-refractivity contribution is 5.56. The Morgan fingerprint density at radius 2 is 1.45 bits per heavy atom. The van der Waals surface area contributed by atoms with Crippen molar-refractivity contribution in [3.8, 4) is 23.0 Å². The van der Waals surface area contributed by atoms with E-state index in [1.54, 1.807) is 6.92 Å². The van der Waals surface area contributed by atoms with Gasteiger partial charge >= 0.3 is 12.4 Å². The summed E-state index contributed by atoms with van der Waals surface area (Å²) in [4.78, 5) is 8.39. The molecule has 0 bridgehead atoms. The van der Waals surface area contributed by atoms with Gasteiger partial charge in [0.2, 0.25) is 5.88 Å². The van der Waals surface area contributed by atoms with Gasteiger partial charge in [-0.25, -0.2) is 4.98 Å². The van der Waals surface area contributed by atoms with Gasteiger partial charge in [0.05, 0.1) is 11.1 Å². The van der Waals surface area contributed by atoms with E-state index in [4.69, 9.17) is 4.74 Å². The molecule has 9 heteroatoms. The molecule has 2 aromatic carbocycles. The summed E-state index contributed by atoms with van der Waals surface area (Å²) in [5, 5.41) is 0.